The van der Waals surface area contributed by atoms with Crippen LogP contribution in [-0.2, 0) is 0 Å². The average molecular weight is 338 g/mol. The molecule has 0 bridgehead atoms. The van der Waals surface area contributed by atoms with Gasteiger partial charge in [0.25, 0.3) is 0 Å². The molecule has 0 saturated carbocycles. The Hall–Kier alpha value is -0.890. The molecule has 0 aliphatic carbocycles. The first-order valence-electron chi connectivity index (χ1n) is 7.18. The van der Waals surface area contributed by atoms with Crippen LogP contribution in [0.25, 0.3) is 0 Å². The minimum absolute atomic E-state index is 0.00370. The zero-order valence-electron chi connectivity index (χ0n) is 12.5. The van der Waals surface area contributed by atoms with Crippen molar-refractivity contribution < 1.29 is 0 Å². The number of hydrogen-bond donors (Lipinski definition) is 1. The molecule has 0 aromatic heterocycles. The Morgan fingerprint density at radius 2 is 2.00 bits per heavy atom. The molecule has 3 unspecified atom stereocenters. The van der Waals surface area contributed by atoms with Gasteiger partial charge in [-0.2, -0.15) is 5.26 Å². The highest BCUT2D eigenvalue weighted by Crippen LogP contribution is 2.31. The molecule has 3 atom stereocenters. The zero-order valence-corrected chi connectivity index (χ0v) is 14.1. The van der Waals surface area contributed by atoms with Crippen molar-refractivity contribution in [3.63, 3.8) is 0 Å². The van der Waals surface area contributed by atoms with Crippen LogP contribution in [0.1, 0.15) is 38.8 Å². The summed E-state index contributed by atoms with van der Waals surface area (Å²) in [6.45, 7) is 7.81. The van der Waals surface area contributed by atoms with Gasteiger partial charge in [0.15, 0.2) is 0 Å². The molecule has 0 amide bonds. The molecule has 0 fully saturated rings. The third-order valence-electron chi connectivity index (χ3n) is 3.63. The van der Waals surface area contributed by atoms with Gasteiger partial charge in [-0.3, -0.25) is 4.90 Å². The summed E-state index contributed by atoms with van der Waals surface area (Å²) >= 11 is 3.63. The molecular formula is C16H24BrN3. The van der Waals surface area contributed by atoms with Gasteiger partial charge in [-0.15, -0.1) is 0 Å². The number of likely N-dealkylation sites (N-methyl/N-ethyl adjacent to an activating group) is 1. The lowest BCUT2D eigenvalue weighted by atomic mass is 9.95. The van der Waals surface area contributed by atoms with Crippen LogP contribution in [-0.4, -0.2) is 24.0 Å². The number of hydrogen-bond acceptors (Lipinski definition) is 3. The number of halogens is 1. The summed E-state index contributed by atoms with van der Waals surface area (Å²) in [5.41, 5.74) is 7.57. The Balaban J connectivity index is 3.11. The summed E-state index contributed by atoms with van der Waals surface area (Å²) in [4.78, 5) is 2.31. The summed E-state index contributed by atoms with van der Waals surface area (Å²) < 4.78 is 1.08. The van der Waals surface area contributed by atoms with Crippen LogP contribution in [0.15, 0.2) is 28.7 Å². The first-order chi connectivity index (χ1) is 9.54. The second-order valence-electron chi connectivity index (χ2n) is 5.16. The highest BCUT2D eigenvalue weighted by Gasteiger charge is 2.27. The van der Waals surface area contributed by atoms with E-state index in [2.05, 4.69) is 46.8 Å². The Bertz CT molecular complexity index is 455. The molecule has 0 aliphatic heterocycles. The summed E-state index contributed by atoms with van der Waals surface area (Å²) in [5, 5.41) is 9.06. The second-order valence-corrected chi connectivity index (χ2v) is 6.01. The van der Waals surface area contributed by atoms with E-state index < -0.39 is 0 Å². The molecule has 3 nitrogen and oxygen atoms in total. The van der Waals surface area contributed by atoms with Crippen molar-refractivity contribution in [3.8, 4) is 6.07 Å². The van der Waals surface area contributed by atoms with Crippen molar-refractivity contribution in [2.75, 3.05) is 13.1 Å². The highest BCUT2D eigenvalue weighted by atomic mass is 79.9. The fourth-order valence-electron chi connectivity index (χ4n) is 2.47. The predicted octanol–water partition coefficient (Wildman–Crippen LogP) is 3.71. The topological polar surface area (TPSA) is 53.0 Å². The maximum absolute atomic E-state index is 9.06. The van der Waals surface area contributed by atoms with E-state index >= 15 is 0 Å². The first-order valence-corrected chi connectivity index (χ1v) is 7.98. The van der Waals surface area contributed by atoms with Crippen molar-refractivity contribution >= 4 is 15.9 Å². The number of nitrogens with zero attached hydrogens (tertiary/aromatic N) is 2. The molecule has 1 aromatic rings. The van der Waals surface area contributed by atoms with Gasteiger partial charge in [0.2, 0.25) is 0 Å². The van der Waals surface area contributed by atoms with Crippen molar-refractivity contribution in [2.45, 2.75) is 39.3 Å². The largest absolute Gasteiger partial charge is 0.326 e. The number of nitrogens with two attached hydrogens (primary N) is 1. The van der Waals surface area contributed by atoms with Gasteiger partial charge in [-0.05, 0) is 31.5 Å². The molecule has 110 valence electrons. The van der Waals surface area contributed by atoms with E-state index in [0.717, 1.165) is 24.0 Å². The Labute approximate surface area is 130 Å². The van der Waals surface area contributed by atoms with Crippen molar-refractivity contribution in [1.29, 1.82) is 5.26 Å². The number of nitriles is 1. The molecule has 1 rings (SSSR count). The van der Waals surface area contributed by atoms with Gasteiger partial charge >= 0.3 is 0 Å². The lowest BCUT2D eigenvalue weighted by molar-refractivity contribution is 0.165. The maximum atomic E-state index is 9.06. The summed E-state index contributed by atoms with van der Waals surface area (Å²) in [6.07, 6.45) is 0.906. The molecule has 0 spiro atoms. The smallest absolute Gasteiger partial charge is 0.0666 e. The molecule has 0 heterocycles. The fraction of sp³-hybridized carbons (Fsp3) is 0.562. The standard InChI is InChI=1S/C16H24BrN3/c1-4-15(19)16(13-8-6-7-9-14(13)17)20(5-2)11-12(3)10-18/h6-9,12,15-16H,4-5,11,19H2,1-3H3. The Kier molecular flexibility index (Phi) is 7.22. The third-order valence-corrected chi connectivity index (χ3v) is 4.35. The average Bonchev–Trinajstić information content (AvgIpc) is 2.47. The van der Waals surface area contributed by atoms with Crippen LogP contribution >= 0.6 is 15.9 Å². The second kappa shape index (κ2) is 8.41. The quantitative estimate of drug-likeness (QED) is 0.825. The van der Waals surface area contributed by atoms with E-state index in [0.29, 0.717) is 0 Å². The van der Waals surface area contributed by atoms with Crippen LogP contribution in [0.4, 0.5) is 0 Å². The minimum atomic E-state index is 0.00370. The van der Waals surface area contributed by atoms with E-state index in [-0.39, 0.29) is 18.0 Å². The van der Waals surface area contributed by atoms with Crippen molar-refractivity contribution in [2.24, 2.45) is 11.7 Å². The molecule has 0 radical (unpaired) electrons. The normalized spacial score (nSPS) is 15.7. The van der Waals surface area contributed by atoms with E-state index in [1.165, 1.54) is 5.56 Å². The van der Waals surface area contributed by atoms with Crippen molar-refractivity contribution in [1.82, 2.24) is 4.90 Å². The minimum Gasteiger partial charge on any atom is -0.326 e. The summed E-state index contributed by atoms with van der Waals surface area (Å²) in [5.74, 6) is 0.00370. The van der Waals surface area contributed by atoms with E-state index in [1.807, 2.05) is 25.1 Å². The highest BCUT2D eigenvalue weighted by molar-refractivity contribution is 9.10. The van der Waals surface area contributed by atoms with E-state index in [4.69, 9.17) is 11.0 Å². The zero-order chi connectivity index (χ0) is 15.1. The van der Waals surface area contributed by atoms with Crippen LogP contribution in [0.5, 0.6) is 0 Å². The van der Waals surface area contributed by atoms with Gasteiger partial charge < -0.3 is 5.73 Å². The van der Waals surface area contributed by atoms with Crippen LogP contribution in [0.2, 0.25) is 0 Å². The van der Waals surface area contributed by atoms with Crippen LogP contribution in [0.3, 0.4) is 0 Å². The summed E-state index contributed by atoms with van der Waals surface area (Å²) in [7, 11) is 0. The first kappa shape index (κ1) is 17.2. The van der Waals surface area contributed by atoms with Crippen LogP contribution < -0.4 is 5.73 Å². The van der Waals surface area contributed by atoms with Gasteiger partial charge in [0.05, 0.1) is 18.0 Å². The van der Waals surface area contributed by atoms with Crippen molar-refractivity contribution in [3.05, 3.63) is 34.3 Å². The Morgan fingerprint density at radius 3 is 2.50 bits per heavy atom. The molecule has 4 heteroatoms. The summed E-state index contributed by atoms with van der Waals surface area (Å²) in [6, 6.07) is 10.7. The number of rotatable bonds is 7. The SMILES string of the molecule is CCC(N)C(c1ccccc1Br)N(CC)CC(C)C#N. The van der Waals surface area contributed by atoms with E-state index in [9.17, 15) is 0 Å². The third kappa shape index (κ3) is 4.31. The molecule has 2 N–H and O–H groups in total. The van der Waals surface area contributed by atoms with Crippen LogP contribution in [0, 0.1) is 17.2 Å². The predicted molar refractivity (Wildman–Crippen MR) is 87.2 cm³/mol. The van der Waals surface area contributed by atoms with Gasteiger partial charge in [-0.1, -0.05) is 48.0 Å². The molecule has 1 aromatic carbocycles. The molecule has 0 saturated heterocycles. The Morgan fingerprint density at radius 1 is 1.35 bits per heavy atom. The molecule has 0 aliphatic rings. The maximum Gasteiger partial charge on any atom is 0.0666 e. The fourth-order valence-corrected chi connectivity index (χ4v) is 2.99. The lowest BCUT2D eigenvalue weighted by Gasteiger charge is -2.36. The van der Waals surface area contributed by atoms with E-state index in [1.54, 1.807) is 0 Å². The van der Waals surface area contributed by atoms with Gasteiger partial charge in [0, 0.05) is 17.1 Å². The monoisotopic (exact) mass is 337 g/mol. The molecular weight excluding hydrogens is 314 g/mol. The lowest BCUT2D eigenvalue weighted by Crippen LogP contribution is -2.42. The van der Waals surface area contributed by atoms with Gasteiger partial charge in [-0.25, -0.2) is 0 Å². The number of benzene rings is 1. The molecule has 20 heavy (non-hydrogen) atoms. The van der Waals surface area contributed by atoms with Gasteiger partial charge in [0.1, 0.15) is 0 Å².